The normalized spacial score (nSPS) is 17.8. The minimum atomic E-state index is -0.299. The fraction of sp³-hybridized carbons (Fsp3) is 0.444. The van der Waals surface area contributed by atoms with Crippen molar-refractivity contribution in [1.29, 1.82) is 0 Å². The van der Waals surface area contributed by atoms with Gasteiger partial charge in [-0.05, 0) is 61.3 Å². The molecule has 0 unspecified atom stereocenters. The van der Waals surface area contributed by atoms with Gasteiger partial charge in [0.05, 0.1) is 19.8 Å². The number of amides is 1. The maximum Gasteiger partial charge on any atom is 0.241 e. The van der Waals surface area contributed by atoms with Crippen LogP contribution in [0.1, 0.15) is 29.9 Å². The summed E-state index contributed by atoms with van der Waals surface area (Å²) >= 11 is 0. The molecule has 0 saturated carbocycles. The van der Waals surface area contributed by atoms with E-state index in [0.717, 1.165) is 58.8 Å². The summed E-state index contributed by atoms with van der Waals surface area (Å²) in [7, 11) is 0. The SMILES string of the molecule is O=C(NCc1ccccc1CN1CCOCC1)C1CCN(Cc2nc(-c3ccc(F)cc3)no2)CC1. The van der Waals surface area contributed by atoms with Gasteiger partial charge in [-0.1, -0.05) is 29.4 Å². The fourth-order valence-electron chi connectivity index (χ4n) is 4.79. The van der Waals surface area contributed by atoms with Gasteiger partial charge in [-0.15, -0.1) is 0 Å². The number of aromatic nitrogens is 2. The van der Waals surface area contributed by atoms with E-state index in [4.69, 9.17) is 9.26 Å². The first-order valence-corrected chi connectivity index (χ1v) is 12.6. The van der Waals surface area contributed by atoms with Gasteiger partial charge in [-0.3, -0.25) is 14.6 Å². The molecule has 0 bridgehead atoms. The Kier molecular flexibility index (Phi) is 8.00. The van der Waals surface area contributed by atoms with Gasteiger partial charge in [-0.2, -0.15) is 4.98 Å². The minimum Gasteiger partial charge on any atom is -0.379 e. The topological polar surface area (TPSA) is 83.7 Å². The maximum atomic E-state index is 13.1. The second-order valence-electron chi connectivity index (χ2n) is 9.44. The summed E-state index contributed by atoms with van der Waals surface area (Å²) in [5, 5.41) is 7.18. The van der Waals surface area contributed by atoms with E-state index in [-0.39, 0.29) is 17.6 Å². The second kappa shape index (κ2) is 11.7. The number of hydrogen-bond acceptors (Lipinski definition) is 7. The van der Waals surface area contributed by atoms with Crippen molar-refractivity contribution >= 4 is 5.91 Å². The van der Waals surface area contributed by atoms with Crippen LogP contribution in [0.2, 0.25) is 0 Å². The average molecular weight is 494 g/mol. The number of ether oxygens (including phenoxy) is 1. The van der Waals surface area contributed by atoms with E-state index in [9.17, 15) is 9.18 Å². The zero-order valence-corrected chi connectivity index (χ0v) is 20.4. The summed E-state index contributed by atoms with van der Waals surface area (Å²) in [4.78, 5) is 22.0. The number of piperidine rings is 1. The number of halogens is 1. The predicted molar refractivity (Wildman–Crippen MR) is 132 cm³/mol. The van der Waals surface area contributed by atoms with Crippen LogP contribution in [0, 0.1) is 11.7 Å². The number of morpholine rings is 1. The molecule has 2 saturated heterocycles. The van der Waals surface area contributed by atoms with E-state index < -0.39 is 0 Å². The lowest BCUT2D eigenvalue weighted by molar-refractivity contribution is -0.126. The lowest BCUT2D eigenvalue weighted by atomic mass is 9.95. The van der Waals surface area contributed by atoms with Crippen molar-refractivity contribution in [2.75, 3.05) is 39.4 Å². The molecule has 2 aromatic carbocycles. The van der Waals surface area contributed by atoms with Crippen LogP contribution in [-0.2, 0) is 29.2 Å². The van der Waals surface area contributed by atoms with Crippen molar-refractivity contribution in [3.8, 4) is 11.4 Å². The molecule has 2 fully saturated rings. The number of carbonyl (C=O) groups is 1. The van der Waals surface area contributed by atoms with Gasteiger partial charge >= 0.3 is 0 Å². The van der Waals surface area contributed by atoms with E-state index in [1.807, 2.05) is 6.07 Å². The Labute approximate surface area is 210 Å². The molecule has 36 heavy (non-hydrogen) atoms. The van der Waals surface area contributed by atoms with Crippen LogP contribution in [-0.4, -0.2) is 65.2 Å². The van der Waals surface area contributed by atoms with Crippen LogP contribution in [0.3, 0.4) is 0 Å². The quantitative estimate of drug-likeness (QED) is 0.516. The van der Waals surface area contributed by atoms with Crippen molar-refractivity contribution in [3.63, 3.8) is 0 Å². The zero-order valence-electron chi connectivity index (χ0n) is 20.4. The van der Waals surface area contributed by atoms with Crippen molar-refractivity contribution < 1.29 is 18.4 Å². The first kappa shape index (κ1) is 24.5. The zero-order chi connectivity index (χ0) is 24.7. The smallest absolute Gasteiger partial charge is 0.241 e. The molecule has 1 amide bonds. The molecule has 0 spiro atoms. The highest BCUT2D eigenvalue weighted by molar-refractivity contribution is 5.78. The molecule has 3 aromatic rings. The van der Waals surface area contributed by atoms with Crippen LogP contribution in [0.15, 0.2) is 53.1 Å². The summed E-state index contributed by atoms with van der Waals surface area (Å²) in [6.45, 7) is 6.99. The first-order valence-electron chi connectivity index (χ1n) is 12.6. The number of hydrogen-bond donors (Lipinski definition) is 1. The van der Waals surface area contributed by atoms with Gasteiger partial charge in [0, 0.05) is 37.7 Å². The lowest BCUT2D eigenvalue weighted by Crippen LogP contribution is -2.40. The van der Waals surface area contributed by atoms with Gasteiger partial charge in [0.2, 0.25) is 17.6 Å². The van der Waals surface area contributed by atoms with Gasteiger partial charge in [0.15, 0.2) is 0 Å². The summed E-state index contributed by atoms with van der Waals surface area (Å²) < 4.78 is 24.0. The molecule has 1 aromatic heterocycles. The molecule has 1 N–H and O–H groups in total. The highest BCUT2D eigenvalue weighted by Gasteiger charge is 2.26. The Hall–Kier alpha value is -3.14. The van der Waals surface area contributed by atoms with Crippen LogP contribution >= 0.6 is 0 Å². The number of rotatable bonds is 8. The average Bonchev–Trinajstić information content (AvgIpc) is 3.38. The second-order valence-corrected chi connectivity index (χ2v) is 9.44. The number of benzene rings is 2. The monoisotopic (exact) mass is 493 g/mol. The molecular weight excluding hydrogens is 461 g/mol. The summed E-state index contributed by atoms with van der Waals surface area (Å²) in [6, 6.07) is 14.4. The highest BCUT2D eigenvalue weighted by atomic mass is 19.1. The molecule has 0 atom stereocenters. The molecule has 190 valence electrons. The van der Waals surface area contributed by atoms with Gasteiger partial charge in [0.1, 0.15) is 5.82 Å². The lowest BCUT2D eigenvalue weighted by Gasteiger charge is -2.30. The van der Waals surface area contributed by atoms with Crippen molar-refractivity contribution in [2.24, 2.45) is 5.92 Å². The molecule has 3 heterocycles. The molecule has 2 aliphatic rings. The molecule has 0 aliphatic carbocycles. The third kappa shape index (κ3) is 6.34. The Bertz CT molecular complexity index is 1140. The van der Waals surface area contributed by atoms with E-state index >= 15 is 0 Å². The third-order valence-corrected chi connectivity index (χ3v) is 6.96. The molecule has 9 heteroatoms. The number of likely N-dealkylation sites (tertiary alicyclic amines) is 1. The summed E-state index contributed by atoms with van der Waals surface area (Å²) in [5.74, 6) is 0.797. The molecular formula is C27H32FN5O3. The van der Waals surface area contributed by atoms with E-state index in [0.29, 0.717) is 30.4 Å². The molecule has 0 radical (unpaired) electrons. The predicted octanol–water partition coefficient (Wildman–Crippen LogP) is 3.24. The largest absolute Gasteiger partial charge is 0.379 e. The van der Waals surface area contributed by atoms with Crippen molar-refractivity contribution in [3.05, 3.63) is 71.4 Å². The Morgan fingerprint density at radius 3 is 2.39 bits per heavy atom. The maximum absolute atomic E-state index is 13.1. The van der Waals surface area contributed by atoms with Crippen LogP contribution in [0.4, 0.5) is 4.39 Å². The number of nitrogens with zero attached hydrogens (tertiary/aromatic N) is 4. The van der Waals surface area contributed by atoms with E-state index in [2.05, 4.69) is 43.5 Å². The molecule has 5 rings (SSSR count). The number of carbonyl (C=O) groups excluding carboxylic acids is 1. The standard InChI is InChI=1S/C27H32FN5O3/c28-24-7-5-20(6-8-24)26-30-25(36-31-26)19-32-11-9-21(10-12-32)27(34)29-17-22-3-1-2-4-23(22)18-33-13-15-35-16-14-33/h1-8,21H,9-19H2,(H,29,34). The van der Waals surface area contributed by atoms with Gasteiger partial charge < -0.3 is 14.6 Å². The van der Waals surface area contributed by atoms with Crippen LogP contribution in [0.5, 0.6) is 0 Å². The molecule has 8 nitrogen and oxygen atoms in total. The Balaban J connectivity index is 1.08. The van der Waals surface area contributed by atoms with Crippen LogP contribution < -0.4 is 5.32 Å². The third-order valence-electron chi connectivity index (χ3n) is 6.96. The van der Waals surface area contributed by atoms with E-state index in [1.165, 1.54) is 23.3 Å². The summed E-state index contributed by atoms with van der Waals surface area (Å²) in [6.07, 6.45) is 1.58. The highest BCUT2D eigenvalue weighted by Crippen LogP contribution is 2.21. The van der Waals surface area contributed by atoms with Crippen LogP contribution in [0.25, 0.3) is 11.4 Å². The summed E-state index contributed by atoms with van der Waals surface area (Å²) in [5.41, 5.74) is 3.14. The van der Waals surface area contributed by atoms with E-state index in [1.54, 1.807) is 12.1 Å². The fourth-order valence-corrected chi connectivity index (χ4v) is 4.79. The van der Waals surface area contributed by atoms with Gasteiger partial charge in [0.25, 0.3) is 0 Å². The Morgan fingerprint density at radius 2 is 1.64 bits per heavy atom. The Morgan fingerprint density at radius 1 is 0.944 bits per heavy atom. The van der Waals surface area contributed by atoms with Crippen molar-refractivity contribution in [1.82, 2.24) is 25.3 Å². The van der Waals surface area contributed by atoms with Crippen molar-refractivity contribution in [2.45, 2.75) is 32.5 Å². The molecule has 2 aliphatic heterocycles. The van der Waals surface area contributed by atoms with Gasteiger partial charge in [-0.25, -0.2) is 4.39 Å². The number of nitrogens with one attached hydrogen (secondary N) is 1. The first-order chi connectivity index (χ1) is 17.6. The minimum absolute atomic E-state index is 0.00474.